The van der Waals surface area contributed by atoms with Crippen LogP contribution in [0.2, 0.25) is 0 Å². The van der Waals surface area contributed by atoms with Crippen LogP contribution in [0.4, 0.5) is 0 Å². The number of methoxy groups -OCH3 is 1. The summed E-state index contributed by atoms with van der Waals surface area (Å²) in [7, 11) is 1.67. The molecule has 0 radical (unpaired) electrons. The van der Waals surface area contributed by atoms with Crippen LogP contribution in [0.3, 0.4) is 0 Å². The smallest absolute Gasteiger partial charge is 0.223 e. The quantitative estimate of drug-likeness (QED) is 0.838. The lowest BCUT2D eigenvalue weighted by molar-refractivity contribution is -0.132. The standard InChI is InChI=1S/C19H24N2O2/c1-23-17-6-4-16(5-7-17)18(15-2-3-15)12-19(22)21-10-8-14(13-20)9-11-21/h4-7,14-15,18H,2-3,8-12H2,1H3. The normalized spacial score (nSPS) is 19.9. The predicted molar refractivity (Wildman–Crippen MR) is 88.0 cm³/mol. The van der Waals surface area contributed by atoms with Gasteiger partial charge in [0.05, 0.1) is 13.2 Å². The molecule has 1 aromatic carbocycles. The first-order valence-electron chi connectivity index (χ1n) is 8.52. The van der Waals surface area contributed by atoms with E-state index in [-0.39, 0.29) is 11.8 Å². The molecule has 0 spiro atoms. The van der Waals surface area contributed by atoms with Crippen molar-refractivity contribution in [3.05, 3.63) is 29.8 Å². The van der Waals surface area contributed by atoms with Gasteiger partial charge in [0.1, 0.15) is 5.75 Å². The minimum atomic E-state index is 0.125. The first-order valence-corrected chi connectivity index (χ1v) is 8.52. The summed E-state index contributed by atoms with van der Waals surface area (Å²) < 4.78 is 5.22. The van der Waals surface area contributed by atoms with Gasteiger partial charge in [-0.3, -0.25) is 4.79 Å². The van der Waals surface area contributed by atoms with Gasteiger partial charge in [0.2, 0.25) is 5.91 Å². The maximum absolute atomic E-state index is 12.7. The summed E-state index contributed by atoms with van der Waals surface area (Å²) >= 11 is 0. The molecule has 1 saturated carbocycles. The van der Waals surface area contributed by atoms with E-state index in [1.54, 1.807) is 7.11 Å². The van der Waals surface area contributed by atoms with Crippen molar-refractivity contribution in [2.24, 2.45) is 11.8 Å². The van der Waals surface area contributed by atoms with Gasteiger partial charge < -0.3 is 9.64 Å². The average molecular weight is 312 g/mol. The molecule has 1 aromatic rings. The molecule has 1 aliphatic carbocycles. The molecule has 1 saturated heterocycles. The number of nitrogens with zero attached hydrogens (tertiary/aromatic N) is 2. The molecule has 0 bridgehead atoms. The maximum atomic E-state index is 12.7. The van der Waals surface area contributed by atoms with Crippen LogP contribution in [0, 0.1) is 23.2 Å². The van der Waals surface area contributed by atoms with Crippen molar-refractivity contribution in [2.45, 2.75) is 38.0 Å². The number of ether oxygens (including phenoxy) is 1. The van der Waals surface area contributed by atoms with E-state index in [0.29, 0.717) is 18.3 Å². The van der Waals surface area contributed by atoms with Gasteiger partial charge in [0.15, 0.2) is 0 Å². The number of amides is 1. The summed E-state index contributed by atoms with van der Waals surface area (Å²) in [6.07, 6.45) is 4.67. The summed E-state index contributed by atoms with van der Waals surface area (Å²) in [6.45, 7) is 1.47. The van der Waals surface area contributed by atoms with E-state index in [0.717, 1.165) is 31.7 Å². The highest BCUT2D eigenvalue weighted by molar-refractivity contribution is 5.77. The van der Waals surface area contributed by atoms with Crippen molar-refractivity contribution in [3.8, 4) is 11.8 Å². The molecule has 1 unspecified atom stereocenters. The second kappa shape index (κ2) is 7.04. The molecule has 2 fully saturated rings. The van der Waals surface area contributed by atoms with E-state index >= 15 is 0 Å². The van der Waals surface area contributed by atoms with Crippen LogP contribution in [0.15, 0.2) is 24.3 Å². The number of carbonyl (C=O) groups excluding carboxylic acids is 1. The Hall–Kier alpha value is -2.02. The van der Waals surface area contributed by atoms with Crippen LogP contribution < -0.4 is 4.74 Å². The zero-order chi connectivity index (χ0) is 16.2. The van der Waals surface area contributed by atoms with E-state index in [2.05, 4.69) is 18.2 Å². The van der Waals surface area contributed by atoms with E-state index in [4.69, 9.17) is 10.00 Å². The van der Waals surface area contributed by atoms with Crippen LogP contribution in [0.1, 0.15) is 43.6 Å². The number of likely N-dealkylation sites (tertiary alicyclic amines) is 1. The highest BCUT2D eigenvalue weighted by atomic mass is 16.5. The Morgan fingerprint density at radius 1 is 1.26 bits per heavy atom. The Balaban J connectivity index is 1.63. The summed E-state index contributed by atoms with van der Waals surface area (Å²) in [5.74, 6) is 2.19. The average Bonchev–Trinajstić information content (AvgIpc) is 3.44. The summed E-state index contributed by atoms with van der Waals surface area (Å²) in [6, 6.07) is 10.5. The summed E-state index contributed by atoms with van der Waals surface area (Å²) in [5, 5.41) is 8.97. The van der Waals surface area contributed by atoms with Gasteiger partial charge >= 0.3 is 0 Å². The minimum absolute atomic E-state index is 0.125. The number of piperidine rings is 1. The van der Waals surface area contributed by atoms with E-state index in [1.165, 1.54) is 18.4 Å². The van der Waals surface area contributed by atoms with Crippen LogP contribution in [-0.4, -0.2) is 31.0 Å². The monoisotopic (exact) mass is 312 g/mol. The van der Waals surface area contributed by atoms with Crippen LogP contribution >= 0.6 is 0 Å². The van der Waals surface area contributed by atoms with Gasteiger partial charge in [-0.1, -0.05) is 12.1 Å². The first-order chi connectivity index (χ1) is 11.2. The van der Waals surface area contributed by atoms with Crippen molar-refractivity contribution in [1.82, 2.24) is 4.90 Å². The molecule has 122 valence electrons. The molecule has 4 nitrogen and oxygen atoms in total. The topological polar surface area (TPSA) is 53.3 Å². The molecule has 1 amide bonds. The van der Waals surface area contributed by atoms with Gasteiger partial charge in [-0.15, -0.1) is 0 Å². The second-order valence-corrected chi connectivity index (χ2v) is 6.71. The van der Waals surface area contributed by atoms with Crippen LogP contribution in [0.25, 0.3) is 0 Å². The predicted octanol–water partition coefficient (Wildman–Crippen LogP) is 3.34. The minimum Gasteiger partial charge on any atom is -0.497 e. The largest absolute Gasteiger partial charge is 0.497 e. The number of nitriles is 1. The van der Waals surface area contributed by atoms with E-state index in [1.807, 2.05) is 17.0 Å². The molecule has 4 heteroatoms. The molecule has 1 atom stereocenters. The number of rotatable bonds is 5. The van der Waals surface area contributed by atoms with Gasteiger partial charge in [-0.2, -0.15) is 5.26 Å². The highest BCUT2D eigenvalue weighted by Crippen LogP contribution is 2.45. The Morgan fingerprint density at radius 2 is 1.91 bits per heavy atom. The zero-order valence-corrected chi connectivity index (χ0v) is 13.7. The lowest BCUT2D eigenvalue weighted by atomic mass is 9.89. The molecule has 3 rings (SSSR count). The second-order valence-electron chi connectivity index (χ2n) is 6.71. The van der Waals surface area contributed by atoms with Crippen LogP contribution in [-0.2, 0) is 4.79 Å². The van der Waals surface area contributed by atoms with Crippen molar-refractivity contribution in [2.75, 3.05) is 20.2 Å². The van der Waals surface area contributed by atoms with Gasteiger partial charge in [-0.25, -0.2) is 0 Å². The zero-order valence-electron chi connectivity index (χ0n) is 13.7. The molecule has 23 heavy (non-hydrogen) atoms. The number of benzene rings is 1. The lowest BCUT2D eigenvalue weighted by Crippen LogP contribution is -2.38. The summed E-state index contributed by atoms with van der Waals surface area (Å²) in [4.78, 5) is 14.6. The molecule has 0 aromatic heterocycles. The highest BCUT2D eigenvalue weighted by Gasteiger charge is 2.35. The third-order valence-corrected chi connectivity index (χ3v) is 5.16. The Bertz CT molecular complexity index is 578. The third kappa shape index (κ3) is 3.85. The van der Waals surface area contributed by atoms with Crippen molar-refractivity contribution in [1.29, 1.82) is 5.26 Å². The fraction of sp³-hybridized carbons (Fsp3) is 0.579. The molecule has 0 N–H and O–H groups in total. The molecular formula is C19H24N2O2. The Kier molecular flexibility index (Phi) is 4.85. The SMILES string of the molecule is COc1ccc(C(CC(=O)N2CCC(C#N)CC2)C2CC2)cc1. The molecule has 2 aliphatic rings. The Morgan fingerprint density at radius 3 is 2.43 bits per heavy atom. The van der Waals surface area contributed by atoms with Gasteiger partial charge in [-0.05, 0) is 55.2 Å². The van der Waals surface area contributed by atoms with Crippen molar-refractivity contribution < 1.29 is 9.53 Å². The number of carbonyl (C=O) groups is 1. The van der Waals surface area contributed by atoms with Crippen molar-refractivity contribution in [3.63, 3.8) is 0 Å². The van der Waals surface area contributed by atoms with E-state index < -0.39 is 0 Å². The maximum Gasteiger partial charge on any atom is 0.223 e. The lowest BCUT2D eigenvalue weighted by Gasteiger charge is -2.30. The third-order valence-electron chi connectivity index (χ3n) is 5.16. The number of hydrogen-bond donors (Lipinski definition) is 0. The Labute approximate surface area is 138 Å². The fourth-order valence-corrected chi connectivity index (χ4v) is 3.48. The van der Waals surface area contributed by atoms with Crippen molar-refractivity contribution >= 4 is 5.91 Å². The molecule has 1 heterocycles. The van der Waals surface area contributed by atoms with Gasteiger partial charge in [0.25, 0.3) is 0 Å². The molecular weight excluding hydrogens is 288 g/mol. The van der Waals surface area contributed by atoms with Crippen LogP contribution in [0.5, 0.6) is 5.75 Å². The molecule has 1 aliphatic heterocycles. The number of hydrogen-bond acceptors (Lipinski definition) is 3. The van der Waals surface area contributed by atoms with Gasteiger partial charge in [0, 0.05) is 25.4 Å². The van der Waals surface area contributed by atoms with E-state index in [9.17, 15) is 4.79 Å². The summed E-state index contributed by atoms with van der Waals surface area (Å²) in [5.41, 5.74) is 1.24. The fourth-order valence-electron chi connectivity index (χ4n) is 3.48. The first kappa shape index (κ1) is 15.9.